The lowest BCUT2D eigenvalue weighted by Gasteiger charge is -2.48. The van der Waals surface area contributed by atoms with E-state index in [1.54, 1.807) is 14.2 Å². The molecule has 1 aliphatic carbocycles. The number of rotatable bonds is 3. The van der Waals surface area contributed by atoms with E-state index in [2.05, 4.69) is 11.4 Å². The number of piperidine rings is 1. The van der Waals surface area contributed by atoms with Gasteiger partial charge in [0.2, 0.25) is 0 Å². The lowest BCUT2D eigenvalue weighted by Crippen LogP contribution is -2.53. The first kappa shape index (κ1) is 14.7. The first-order chi connectivity index (χ1) is 10.2. The van der Waals surface area contributed by atoms with Crippen molar-refractivity contribution in [2.24, 2.45) is 5.92 Å². The van der Waals surface area contributed by atoms with Crippen molar-refractivity contribution >= 4 is 0 Å². The van der Waals surface area contributed by atoms with Crippen molar-refractivity contribution in [1.29, 1.82) is 0 Å². The largest absolute Gasteiger partial charge is 0.493 e. The molecule has 3 atom stereocenters. The van der Waals surface area contributed by atoms with Crippen LogP contribution < -0.4 is 14.8 Å². The molecular weight excluding hydrogens is 266 g/mol. The Bertz CT molecular complexity index is 501. The van der Waals surface area contributed by atoms with Crippen molar-refractivity contribution in [3.05, 3.63) is 23.8 Å². The smallest absolute Gasteiger partial charge is 0.165 e. The molecule has 4 heteroatoms. The minimum atomic E-state index is -0.526. The molecule has 116 valence electrons. The molecule has 2 N–H and O–H groups in total. The zero-order chi connectivity index (χ0) is 14.9. The van der Waals surface area contributed by atoms with Crippen LogP contribution in [-0.4, -0.2) is 31.5 Å². The molecule has 2 fully saturated rings. The number of nitrogens with one attached hydrogen (secondary N) is 1. The van der Waals surface area contributed by atoms with Gasteiger partial charge >= 0.3 is 0 Å². The van der Waals surface area contributed by atoms with Crippen LogP contribution in [0.15, 0.2) is 18.2 Å². The molecule has 0 spiro atoms. The summed E-state index contributed by atoms with van der Waals surface area (Å²) in [4.78, 5) is 0. The fourth-order valence-electron chi connectivity index (χ4n) is 4.11. The lowest BCUT2D eigenvalue weighted by atomic mass is 9.66. The van der Waals surface area contributed by atoms with Gasteiger partial charge in [-0.1, -0.05) is 25.0 Å². The molecule has 0 bridgehead atoms. The van der Waals surface area contributed by atoms with Gasteiger partial charge in [0, 0.05) is 17.5 Å². The highest BCUT2D eigenvalue weighted by atomic mass is 16.5. The normalized spacial score (nSPS) is 32.3. The van der Waals surface area contributed by atoms with Crippen LogP contribution in [0.25, 0.3) is 0 Å². The highest BCUT2D eigenvalue weighted by Gasteiger charge is 2.46. The van der Waals surface area contributed by atoms with Gasteiger partial charge in [-0.2, -0.15) is 0 Å². The van der Waals surface area contributed by atoms with Gasteiger partial charge in [0.25, 0.3) is 0 Å². The average Bonchev–Trinajstić information content (AvgIpc) is 2.52. The molecule has 21 heavy (non-hydrogen) atoms. The quantitative estimate of drug-likeness (QED) is 0.899. The number of fused-ring (bicyclic) bond motifs is 1. The Labute approximate surface area is 126 Å². The molecule has 1 aliphatic heterocycles. The van der Waals surface area contributed by atoms with E-state index in [0.29, 0.717) is 0 Å². The van der Waals surface area contributed by atoms with Gasteiger partial charge in [-0.3, -0.25) is 0 Å². The number of aliphatic hydroxyl groups is 1. The summed E-state index contributed by atoms with van der Waals surface area (Å²) in [5.74, 6) is 1.79. The number of hydrogen-bond donors (Lipinski definition) is 2. The summed E-state index contributed by atoms with van der Waals surface area (Å²) in [7, 11) is 3.34. The van der Waals surface area contributed by atoms with E-state index in [1.807, 2.05) is 12.1 Å². The second-order valence-electron chi connectivity index (χ2n) is 6.22. The average molecular weight is 291 g/mol. The highest BCUT2D eigenvalue weighted by Crippen LogP contribution is 2.48. The van der Waals surface area contributed by atoms with Crippen LogP contribution in [0, 0.1) is 5.92 Å². The second kappa shape index (κ2) is 5.85. The summed E-state index contributed by atoms with van der Waals surface area (Å²) >= 11 is 0. The number of benzene rings is 1. The third kappa shape index (κ3) is 2.51. The Kier molecular flexibility index (Phi) is 4.09. The maximum atomic E-state index is 11.0. The standard InChI is InChI=1S/C17H25NO3/c1-20-14-8-5-6-12(16(14)21-2)15-13-7-3-4-9-17(13,19)10-11-18-15/h5-6,8,13,15,18-19H,3-4,7,9-11H2,1-2H3. The third-order valence-electron chi connectivity index (χ3n) is 5.16. The third-order valence-corrected chi connectivity index (χ3v) is 5.16. The van der Waals surface area contributed by atoms with E-state index in [0.717, 1.165) is 49.3 Å². The van der Waals surface area contributed by atoms with Crippen LogP contribution in [-0.2, 0) is 0 Å². The van der Waals surface area contributed by atoms with Crippen molar-refractivity contribution in [1.82, 2.24) is 5.32 Å². The van der Waals surface area contributed by atoms with Gasteiger partial charge in [-0.15, -0.1) is 0 Å². The summed E-state index contributed by atoms with van der Waals surface area (Å²) in [6.07, 6.45) is 5.16. The first-order valence-electron chi connectivity index (χ1n) is 7.86. The summed E-state index contributed by atoms with van der Waals surface area (Å²) < 4.78 is 11.0. The van der Waals surface area contributed by atoms with Crippen molar-refractivity contribution in [2.75, 3.05) is 20.8 Å². The zero-order valence-corrected chi connectivity index (χ0v) is 12.9. The molecule has 3 rings (SSSR count). The van der Waals surface area contributed by atoms with Crippen LogP contribution in [0.1, 0.15) is 43.7 Å². The van der Waals surface area contributed by atoms with Gasteiger partial charge in [0.05, 0.1) is 19.8 Å². The molecule has 1 saturated carbocycles. The predicted octanol–water partition coefficient (Wildman–Crippen LogP) is 2.66. The van der Waals surface area contributed by atoms with Gasteiger partial charge in [-0.25, -0.2) is 0 Å². The summed E-state index contributed by atoms with van der Waals surface area (Å²) in [6.45, 7) is 0.845. The first-order valence-corrected chi connectivity index (χ1v) is 7.86. The molecule has 2 aliphatic rings. The molecule has 1 saturated heterocycles. The molecular formula is C17H25NO3. The van der Waals surface area contributed by atoms with Gasteiger partial charge < -0.3 is 19.9 Å². The summed E-state index contributed by atoms with van der Waals surface area (Å²) in [5, 5.41) is 14.6. The van der Waals surface area contributed by atoms with Gasteiger partial charge in [0.15, 0.2) is 11.5 Å². The van der Waals surface area contributed by atoms with E-state index in [-0.39, 0.29) is 12.0 Å². The molecule has 0 amide bonds. The van der Waals surface area contributed by atoms with Crippen molar-refractivity contribution in [2.45, 2.75) is 43.7 Å². The SMILES string of the molecule is COc1cccc(C2NCCC3(O)CCCCC23)c1OC. The second-order valence-corrected chi connectivity index (χ2v) is 6.22. The van der Waals surface area contributed by atoms with Crippen molar-refractivity contribution in [3.8, 4) is 11.5 Å². The van der Waals surface area contributed by atoms with E-state index in [4.69, 9.17) is 9.47 Å². The Morgan fingerprint density at radius 2 is 2.05 bits per heavy atom. The molecule has 1 heterocycles. The molecule has 4 nitrogen and oxygen atoms in total. The number of ether oxygens (including phenoxy) is 2. The molecule has 0 radical (unpaired) electrons. The van der Waals surface area contributed by atoms with Gasteiger partial charge in [-0.05, 0) is 31.9 Å². The fraction of sp³-hybridized carbons (Fsp3) is 0.647. The van der Waals surface area contributed by atoms with E-state index >= 15 is 0 Å². The molecule has 3 unspecified atom stereocenters. The van der Waals surface area contributed by atoms with Crippen LogP contribution >= 0.6 is 0 Å². The van der Waals surface area contributed by atoms with E-state index in [1.165, 1.54) is 6.42 Å². The van der Waals surface area contributed by atoms with Crippen LogP contribution in [0.2, 0.25) is 0 Å². The summed E-state index contributed by atoms with van der Waals surface area (Å²) in [6, 6.07) is 6.13. The minimum Gasteiger partial charge on any atom is -0.493 e. The number of hydrogen-bond acceptors (Lipinski definition) is 4. The maximum Gasteiger partial charge on any atom is 0.165 e. The Balaban J connectivity index is 1.99. The Morgan fingerprint density at radius 1 is 1.19 bits per heavy atom. The lowest BCUT2D eigenvalue weighted by molar-refractivity contribution is -0.0863. The molecule has 0 aromatic heterocycles. The van der Waals surface area contributed by atoms with E-state index in [9.17, 15) is 5.11 Å². The monoisotopic (exact) mass is 291 g/mol. The van der Waals surface area contributed by atoms with Crippen LogP contribution in [0.4, 0.5) is 0 Å². The van der Waals surface area contributed by atoms with Crippen LogP contribution in [0.5, 0.6) is 11.5 Å². The molecule has 1 aromatic carbocycles. The van der Waals surface area contributed by atoms with Gasteiger partial charge in [0.1, 0.15) is 0 Å². The topological polar surface area (TPSA) is 50.7 Å². The number of para-hydroxylation sites is 1. The van der Waals surface area contributed by atoms with Crippen LogP contribution in [0.3, 0.4) is 0 Å². The van der Waals surface area contributed by atoms with E-state index < -0.39 is 5.60 Å². The van der Waals surface area contributed by atoms with Crippen molar-refractivity contribution < 1.29 is 14.6 Å². The Morgan fingerprint density at radius 3 is 2.81 bits per heavy atom. The zero-order valence-electron chi connectivity index (χ0n) is 12.9. The summed E-state index contributed by atoms with van der Waals surface area (Å²) in [5.41, 5.74) is 0.573. The maximum absolute atomic E-state index is 11.0. The Hall–Kier alpha value is -1.26. The number of methoxy groups -OCH3 is 2. The molecule has 1 aromatic rings. The minimum absolute atomic E-state index is 0.133. The van der Waals surface area contributed by atoms with Crippen molar-refractivity contribution in [3.63, 3.8) is 0 Å². The highest BCUT2D eigenvalue weighted by molar-refractivity contribution is 5.48. The fourth-order valence-corrected chi connectivity index (χ4v) is 4.11. The predicted molar refractivity (Wildman–Crippen MR) is 81.8 cm³/mol.